The molecule has 0 saturated carbocycles. The Morgan fingerprint density at radius 3 is 2.88 bits per heavy atom. The summed E-state index contributed by atoms with van der Waals surface area (Å²) in [6.45, 7) is 6.15. The van der Waals surface area contributed by atoms with E-state index in [-0.39, 0.29) is 12.1 Å². The first-order valence-corrected chi connectivity index (χ1v) is 12.1. The third kappa shape index (κ3) is 4.68. The van der Waals surface area contributed by atoms with Crippen LogP contribution in [0, 0.1) is 6.92 Å². The Labute approximate surface area is 193 Å². The second-order valence-electron chi connectivity index (χ2n) is 8.02. The fraction of sp³-hybridized carbons (Fsp3) is 0.435. The minimum Gasteiger partial charge on any atom is -0.474 e. The average Bonchev–Trinajstić information content (AvgIpc) is 3.28. The molecule has 3 aromatic rings. The zero-order chi connectivity index (χ0) is 22.7. The summed E-state index contributed by atoms with van der Waals surface area (Å²) in [6.07, 6.45) is 5.87. The van der Waals surface area contributed by atoms with Gasteiger partial charge in [0.15, 0.2) is 5.82 Å². The van der Waals surface area contributed by atoms with E-state index in [1.807, 2.05) is 6.92 Å². The van der Waals surface area contributed by atoms with E-state index >= 15 is 0 Å². The summed E-state index contributed by atoms with van der Waals surface area (Å²) >= 11 is 1.80. The van der Waals surface area contributed by atoms with Crippen molar-refractivity contribution >= 4 is 34.4 Å². The fourth-order valence-corrected chi connectivity index (χ4v) is 4.65. The molecule has 2 aromatic heterocycles. The van der Waals surface area contributed by atoms with Gasteiger partial charge in [-0.3, -0.25) is 9.30 Å². The van der Waals surface area contributed by atoms with Crippen LogP contribution in [0.1, 0.15) is 42.8 Å². The zero-order valence-electron chi connectivity index (χ0n) is 19.1. The van der Waals surface area contributed by atoms with Gasteiger partial charge in [0.2, 0.25) is 5.88 Å². The first kappa shape index (κ1) is 22.4. The number of imidazole rings is 1. The minimum absolute atomic E-state index is 0.163. The van der Waals surface area contributed by atoms with E-state index in [2.05, 4.69) is 57.0 Å². The first-order chi connectivity index (χ1) is 15.5. The van der Waals surface area contributed by atoms with Gasteiger partial charge in [0.05, 0.1) is 18.1 Å². The van der Waals surface area contributed by atoms with Crippen LogP contribution in [0.5, 0.6) is 5.88 Å². The van der Waals surface area contributed by atoms with E-state index in [1.165, 1.54) is 0 Å². The number of H-pyrrole nitrogens is 1. The van der Waals surface area contributed by atoms with E-state index < -0.39 is 0 Å². The van der Waals surface area contributed by atoms with Gasteiger partial charge in [-0.05, 0) is 50.0 Å². The summed E-state index contributed by atoms with van der Waals surface area (Å²) in [5.74, 6) is 1.75. The molecule has 1 unspecified atom stereocenters. The third-order valence-corrected chi connectivity index (χ3v) is 6.76. The molecular weight excluding hydrogens is 422 g/mol. The Hall–Kier alpha value is -2.78. The number of rotatable bonds is 7. The quantitative estimate of drug-likeness (QED) is 0.283. The molecule has 0 aliphatic carbocycles. The Morgan fingerprint density at radius 1 is 1.38 bits per heavy atom. The van der Waals surface area contributed by atoms with Gasteiger partial charge in [0.25, 0.3) is 0 Å². The number of nitrogens with one attached hydrogen (secondary N) is 2. The van der Waals surface area contributed by atoms with Crippen molar-refractivity contribution in [3.8, 4) is 5.88 Å². The average molecular weight is 454 g/mol. The molecule has 0 radical (unpaired) electrons. The van der Waals surface area contributed by atoms with Crippen LogP contribution in [0.4, 0.5) is 5.82 Å². The highest BCUT2D eigenvalue weighted by molar-refractivity contribution is 7.96. The van der Waals surface area contributed by atoms with Crippen LogP contribution in [0.3, 0.4) is 0 Å². The fourth-order valence-electron chi connectivity index (χ4n) is 4.08. The molecule has 1 atom stereocenters. The van der Waals surface area contributed by atoms with E-state index in [0.29, 0.717) is 23.2 Å². The molecule has 1 saturated heterocycles. The molecule has 8 nitrogen and oxygen atoms in total. The van der Waals surface area contributed by atoms with Gasteiger partial charge in [-0.15, -0.1) is 0 Å². The molecule has 3 heterocycles. The van der Waals surface area contributed by atoms with Gasteiger partial charge in [-0.1, -0.05) is 30.1 Å². The molecule has 1 fully saturated rings. The van der Waals surface area contributed by atoms with Crippen molar-refractivity contribution < 1.29 is 4.74 Å². The molecule has 170 valence electrons. The number of piperidine rings is 1. The molecule has 4 rings (SSSR count). The van der Waals surface area contributed by atoms with Crippen molar-refractivity contribution in [1.82, 2.24) is 19.3 Å². The van der Waals surface area contributed by atoms with Crippen LogP contribution in [-0.2, 0) is 0 Å². The van der Waals surface area contributed by atoms with Gasteiger partial charge >= 0.3 is 0 Å². The van der Waals surface area contributed by atoms with E-state index in [9.17, 15) is 0 Å². The molecule has 32 heavy (non-hydrogen) atoms. The number of fused-ring (bicyclic) bond motifs is 1. The maximum absolute atomic E-state index is 6.49. The molecular formula is C23H31N7OS. The smallest absolute Gasteiger partial charge is 0.222 e. The number of nitrogens with zero attached hydrogens (tertiary/aromatic N) is 4. The number of aryl methyl sites for hydroxylation is 1. The molecule has 0 bridgehead atoms. The Bertz CT molecular complexity index is 1100. The number of anilines is 1. The van der Waals surface area contributed by atoms with Crippen molar-refractivity contribution in [1.29, 1.82) is 0 Å². The molecule has 9 heteroatoms. The van der Waals surface area contributed by atoms with Crippen LogP contribution in [0.25, 0.3) is 10.8 Å². The lowest BCUT2D eigenvalue weighted by Gasteiger charge is -2.30. The Kier molecular flexibility index (Phi) is 6.86. The second kappa shape index (κ2) is 9.79. The zero-order valence-corrected chi connectivity index (χ0v) is 19.9. The number of aromatic amines is 1. The van der Waals surface area contributed by atoms with Crippen LogP contribution < -0.4 is 15.8 Å². The van der Waals surface area contributed by atoms with Crippen LogP contribution >= 0.6 is 11.9 Å². The van der Waals surface area contributed by atoms with Crippen molar-refractivity contribution in [2.24, 2.45) is 10.7 Å². The van der Waals surface area contributed by atoms with Gasteiger partial charge < -0.3 is 20.8 Å². The molecule has 1 aliphatic rings. The standard InChI is InChI=1S/C23H31N7OS/c1-14-6-5-7-16-12-18(15(2)28-21(24)20-22(25-3)27-13-26-20)29-23(19(14)16)31-17-8-10-30(32-4)11-9-17/h5-7,12-13,15,17,25H,8-11H2,1-4H3,(H2,24,28)(H,26,27). The summed E-state index contributed by atoms with van der Waals surface area (Å²) < 4.78 is 8.87. The van der Waals surface area contributed by atoms with Gasteiger partial charge in [-0.25, -0.2) is 9.97 Å². The number of hydrogen-bond acceptors (Lipinski definition) is 7. The van der Waals surface area contributed by atoms with Crippen LogP contribution in [0.15, 0.2) is 35.6 Å². The molecule has 1 aromatic carbocycles. The number of nitrogens with two attached hydrogens (primary N) is 1. The summed E-state index contributed by atoms with van der Waals surface area (Å²) in [5, 5.41) is 5.19. The minimum atomic E-state index is -0.242. The summed E-state index contributed by atoms with van der Waals surface area (Å²) in [5.41, 5.74) is 8.94. The molecule has 0 spiro atoms. The molecule has 4 N–H and O–H groups in total. The van der Waals surface area contributed by atoms with Gasteiger partial charge in [0.1, 0.15) is 17.6 Å². The monoisotopic (exact) mass is 453 g/mol. The van der Waals surface area contributed by atoms with E-state index in [1.54, 1.807) is 25.3 Å². The van der Waals surface area contributed by atoms with Gasteiger partial charge in [0, 0.05) is 25.5 Å². The van der Waals surface area contributed by atoms with Crippen LogP contribution in [-0.4, -0.2) is 57.6 Å². The second-order valence-corrected chi connectivity index (χ2v) is 8.90. The first-order valence-electron chi connectivity index (χ1n) is 10.9. The summed E-state index contributed by atoms with van der Waals surface area (Å²) in [7, 11) is 1.80. The summed E-state index contributed by atoms with van der Waals surface area (Å²) in [4.78, 5) is 16.9. The Balaban J connectivity index is 1.66. The van der Waals surface area contributed by atoms with Crippen molar-refractivity contribution in [2.75, 3.05) is 31.7 Å². The van der Waals surface area contributed by atoms with E-state index in [4.69, 9.17) is 20.4 Å². The lowest BCUT2D eigenvalue weighted by molar-refractivity contribution is 0.135. The maximum Gasteiger partial charge on any atom is 0.222 e. The summed E-state index contributed by atoms with van der Waals surface area (Å²) in [6, 6.07) is 8.11. The van der Waals surface area contributed by atoms with E-state index in [0.717, 1.165) is 48.0 Å². The number of aromatic nitrogens is 3. The van der Waals surface area contributed by atoms with Gasteiger partial charge in [-0.2, -0.15) is 0 Å². The number of pyridine rings is 1. The van der Waals surface area contributed by atoms with Crippen molar-refractivity contribution in [2.45, 2.75) is 38.8 Å². The topological polar surface area (TPSA) is 104 Å². The number of benzene rings is 1. The highest BCUT2D eigenvalue weighted by Gasteiger charge is 2.23. The Morgan fingerprint density at radius 2 is 2.16 bits per heavy atom. The highest BCUT2D eigenvalue weighted by Crippen LogP contribution is 2.32. The largest absolute Gasteiger partial charge is 0.474 e. The maximum atomic E-state index is 6.49. The normalized spacial score (nSPS) is 16.9. The third-order valence-electron chi connectivity index (χ3n) is 5.88. The van der Waals surface area contributed by atoms with Crippen molar-refractivity contribution in [3.63, 3.8) is 0 Å². The number of aliphatic imine (C=N–C) groups is 1. The predicted octanol–water partition coefficient (Wildman–Crippen LogP) is 3.90. The highest BCUT2D eigenvalue weighted by atomic mass is 32.2. The number of ether oxygens (including phenoxy) is 1. The molecule has 1 aliphatic heterocycles. The molecule has 0 amide bonds. The number of hydrogen-bond donors (Lipinski definition) is 3. The predicted molar refractivity (Wildman–Crippen MR) is 132 cm³/mol. The van der Waals surface area contributed by atoms with Crippen LogP contribution in [0.2, 0.25) is 0 Å². The number of amidine groups is 1. The lowest BCUT2D eigenvalue weighted by atomic mass is 10.0. The SMILES string of the molecule is CNc1nc[nH]c1C(N)=NC(C)c1cc2cccc(C)c2c(OC2CCN(SC)CC2)n1. The van der Waals surface area contributed by atoms with Crippen molar-refractivity contribution in [3.05, 3.63) is 47.5 Å². The lowest BCUT2D eigenvalue weighted by Crippen LogP contribution is -2.34.